The van der Waals surface area contributed by atoms with Crippen LogP contribution in [-0.4, -0.2) is 48.0 Å². The number of nitrogens with zero attached hydrogens (tertiary/aromatic N) is 1. The van der Waals surface area contributed by atoms with E-state index in [2.05, 4.69) is 11.9 Å². The van der Waals surface area contributed by atoms with E-state index in [0.29, 0.717) is 6.04 Å². The average Bonchev–Trinajstić information content (AvgIpc) is 2.24. The Morgan fingerprint density at radius 2 is 2.25 bits per heavy atom. The van der Waals surface area contributed by atoms with Crippen LogP contribution in [0.4, 0.5) is 0 Å². The Labute approximate surface area is 98.8 Å². The molecule has 1 saturated carbocycles. The largest absolute Gasteiger partial charge is 0.393 e. The highest BCUT2D eigenvalue weighted by Crippen LogP contribution is 2.43. The average molecular weight is 227 g/mol. The highest BCUT2D eigenvalue weighted by Gasteiger charge is 2.43. The first-order chi connectivity index (χ1) is 7.61. The second-order valence-electron chi connectivity index (χ2n) is 5.65. The van der Waals surface area contributed by atoms with E-state index >= 15 is 0 Å². The molecule has 0 aromatic carbocycles. The van der Waals surface area contributed by atoms with Gasteiger partial charge in [0.1, 0.15) is 0 Å². The molecule has 16 heavy (non-hydrogen) atoms. The fourth-order valence-corrected chi connectivity index (χ4v) is 2.87. The van der Waals surface area contributed by atoms with Crippen LogP contribution in [0.5, 0.6) is 0 Å². The minimum atomic E-state index is -0.181. The molecule has 1 heterocycles. The molecule has 0 aromatic rings. The second kappa shape index (κ2) is 5.03. The molecule has 2 aliphatic rings. The molecule has 1 N–H and O–H groups in total. The fourth-order valence-electron chi connectivity index (χ4n) is 2.87. The van der Waals surface area contributed by atoms with Crippen LogP contribution in [0.3, 0.4) is 0 Å². The van der Waals surface area contributed by atoms with Crippen molar-refractivity contribution in [2.24, 2.45) is 0 Å². The van der Waals surface area contributed by atoms with Gasteiger partial charge in [0, 0.05) is 19.2 Å². The van der Waals surface area contributed by atoms with Crippen molar-refractivity contribution in [2.75, 3.05) is 20.2 Å². The third-order valence-corrected chi connectivity index (χ3v) is 4.25. The lowest BCUT2D eigenvalue weighted by atomic mass is 9.73. The van der Waals surface area contributed by atoms with Crippen LogP contribution in [0.2, 0.25) is 0 Å². The van der Waals surface area contributed by atoms with E-state index in [1.807, 2.05) is 6.92 Å². The summed E-state index contributed by atoms with van der Waals surface area (Å²) in [5.74, 6) is 0. The first-order valence-corrected chi connectivity index (χ1v) is 6.64. The molecule has 0 bridgehead atoms. The van der Waals surface area contributed by atoms with E-state index in [0.717, 1.165) is 26.0 Å². The quantitative estimate of drug-likeness (QED) is 0.795. The minimum absolute atomic E-state index is 0.181. The van der Waals surface area contributed by atoms with Gasteiger partial charge < -0.3 is 14.7 Å². The lowest BCUT2D eigenvalue weighted by Crippen LogP contribution is -2.51. The topological polar surface area (TPSA) is 32.7 Å². The summed E-state index contributed by atoms with van der Waals surface area (Å²) < 4.78 is 5.93. The van der Waals surface area contributed by atoms with Gasteiger partial charge in [0.2, 0.25) is 0 Å². The van der Waals surface area contributed by atoms with Crippen molar-refractivity contribution >= 4 is 0 Å². The molecular weight excluding hydrogens is 202 g/mol. The zero-order chi connectivity index (χ0) is 11.6. The zero-order valence-corrected chi connectivity index (χ0v) is 10.6. The first-order valence-electron chi connectivity index (χ1n) is 6.64. The molecule has 2 fully saturated rings. The maximum absolute atomic E-state index is 9.31. The van der Waals surface area contributed by atoms with Crippen molar-refractivity contribution in [3.8, 4) is 0 Å². The summed E-state index contributed by atoms with van der Waals surface area (Å²) >= 11 is 0. The lowest BCUT2D eigenvalue weighted by Gasteiger charge is -2.49. The van der Waals surface area contributed by atoms with E-state index in [4.69, 9.17) is 4.74 Å². The molecule has 0 amide bonds. The number of aliphatic hydroxyl groups excluding tert-OH is 1. The maximum Gasteiger partial charge on any atom is 0.0697 e. The van der Waals surface area contributed by atoms with Crippen molar-refractivity contribution in [2.45, 2.75) is 63.2 Å². The van der Waals surface area contributed by atoms with Crippen molar-refractivity contribution in [1.82, 2.24) is 4.90 Å². The summed E-state index contributed by atoms with van der Waals surface area (Å²) in [6.45, 7) is 3.79. The van der Waals surface area contributed by atoms with Crippen LogP contribution in [0.25, 0.3) is 0 Å². The monoisotopic (exact) mass is 227 g/mol. The Morgan fingerprint density at radius 3 is 2.81 bits per heavy atom. The van der Waals surface area contributed by atoms with Crippen molar-refractivity contribution < 1.29 is 9.84 Å². The normalized spacial score (nSPS) is 30.4. The predicted molar refractivity (Wildman–Crippen MR) is 64.5 cm³/mol. The van der Waals surface area contributed by atoms with Gasteiger partial charge in [-0.3, -0.25) is 0 Å². The van der Waals surface area contributed by atoms with Gasteiger partial charge in [-0.2, -0.15) is 0 Å². The SMILES string of the molecule is CC(O)CCN(C)C1CCOC2(CCC2)C1. The van der Waals surface area contributed by atoms with Gasteiger partial charge >= 0.3 is 0 Å². The van der Waals surface area contributed by atoms with Crippen molar-refractivity contribution in [3.63, 3.8) is 0 Å². The smallest absolute Gasteiger partial charge is 0.0697 e. The Hall–Kier alpha value is -0.120. The molecule has 3 heteroatoms. The number of hydrogen-bond acceptors (Lipinski definition) is 3. The molecule has 1 aliphatic heterocycles. The zero-order valence-electron chi connectivity index (χ0n) is 10.6. The lowest BCUT2D eigenvalue weighted by molar-refractivity contribution is -0.147. The highest BCUT2D eigenvalue weighted by molar-refractivity contribution is 4.96. The van der Waals surface area contributed by atoms with Gasteiger partial charge in [-0.05, 0) is 52.5 Å². The van der Waals surface area contributed by atoms with Crippen molar-refractivity contribution in [3.05, 3.63) is 0 Å². The summed E-state index contributed by atoms with van der Waals surface area (Å²) in [5, 5.41) is 9.31. The Kier molecular flexibility index (Phi) is 3.88. The van der Waals surface area contributed by atoms with Gasteiger partial charge in [-0.1, -0.05) is 0 Å². The van der Waals surface area contributed by atoms with Crippen LogP contribution in [0, 0.1) is 0 Å². The Balaban J connectivity index is 1.79. The Bertz CT molecular complexity index is 226. The summed E-state index contributed by atoms with van der Waals surface area (Å²) in [5.41, 5.74) is 0.238. The van der Waals surface area contributed by atoms with Gasteiger partial charge in [0.05, 0.1) is 11.7 Å². The number of rotatable bonds is 4. The summed E-state index contributed by atoms with van der Waals surface area (Å²) in [6.07, 6.45) is 6.90. The molecule has 3 nitrogen and oxygen atoms in total. The minimum Gasteiger partial charge on any atom is -0.393 e. The predicted octanol–water partition coefficient (Wildman–Crippen LogP) is 1.79. The summed E-state index contributed by atoms with van der Waals surface area (Å²) in [4.78, 5) is 2.41. The molecule has 94 valence electrons. The standard InChI is InChI=1S/C13H25NO2/c1-11(15)4-8-14(2)12-5-9-16-13(10-12)6-3-7-13/h11-12,15H,3-10H2,1-2H3. The third-order valence-electron chi connectivity index (χ3n) is 4.25. The fraction of sp³-hybridized carbons (Fsp3) is 1.00. The Morgan fingerprint density at radius 1 is 1.50 bits per heavy atom. The van der Waals surface area contributed by atoms with Gasteiger partial charge in [0.15, 0.2) is 0 Å². The molecule has 0 aromatic heterocycles. The highest BCUT2D eigenvalue weighted by atomic mass is 16.5. The van der Waals surface area contributed by atoms with Crippen molar-refractivity contribution in [1.29, 1.82) is 0 Å². The maximum atomic E-state index is 9.31. The molecular formula is C13H25NO2. The molecule has 2 atom stereocenters. The van der Waals surface area contributed by atoms with E-state index in [-0.39, 0.29) is 11.7 Å². The van der Waals surface area contributed by atoms with Crippen LogP contribution in [0.1, 0.15) is 45.4 Å². The van der Waals surface area contributed by atoms with E-state index < -0.39 is 0 Å². The van der Waals surface area contributed by atoms with Gasteiger partial charge in [0.25, 0.3) is 0 Å². The van der Waals surface area contributed by atoms with Gasteiger partial charge in [-0.15, -0.1) is 0 Å². The number of hydrogen-bond donors (Lipinski definition) is 1. The number of ether oxygens (including phenoxy) is 1. The molecule has 1 saturated heterocycles. The van der Waals surface area contributed by atoms with Crippen LogP contribution < -0.4 is 0 Å². The summed E-state index contributed by atoms with van der Waals surface area (Å²) in [6, 6.07) is 0.660. The van der Waals surface area contributed by atoms with E-state index in [1.54, 1.807) is 0 Å². The molecule has 2 rings (SSSR count). The summed E-state index contributed by atoms with van der Waals surface area (Å²) in [7, 11) is 2.19. The van der Waals surface area contributed by atoms with Crippen LogP contribution >= 0.6 is 0 Å². The second-order valence-corrected chi connectivity index (χ2v) is 5.65. The van der Waals surface area contributed by atoms with Crippen LogP contribution in [0.15, 0.2) is 0 Å². The molecule has 1 spiro atoms. The third kappa shape index (κ3) is 2.76. The van der Waals surface area contributed by atoms with Gasteiger partial charge in [-0.25, -0.2) is 0 Å². The molecule has 1 aliphatic carbocycles. The van der Waals surface area contributed by atoms with E-state index in [9.17, 15) is 5.11 Å². The molecule has 0 radical (unpaired) electrons. The molecule has 2 unspecified atom stereocenters. The first kappa shape index (κ1) is 12.3. The van der Waals surface area contributed by atoms with E-state index in [1.165, 1.54) is 25.7 Å². The van der Waals surface area contributed by atoms with Crippen LogP contribution in [-0.2, 0) is 4.74 Å². The number of aliphatic hydroxyl groups is 1.